The average molecular weight is 426 g/mol. The van der Waals surface area contributed by atoms with E-state index in [0.717, 1.165) is 0 Å². The molecule has 0 aliphatic rings. The fourth-order valence-corrected chi connectivity index (χ4v) is 4.75. The Morgan fingerprint density at radius 1 is 0.567 bits per heavy atom. The summed E-state index contributed by atoms with van der Waals surface area (Å²) in [5, 5.41) is 4.13. The number of hydrogen-bond acceptors (Lipinski definition) is 3. The number of nitrogens with one attached hydrogen (secondary N) is 1. The standard InChI is InChI=1S/C27H59N3/c1-19(2)21(5)23(7,8)30(18)27(15,16)25(11,12)28-24(9,10)26(13,14)29(17)22(6)20(3)4/h19-22,28H,1-18H3/t21-,22+/m0/s1. The van der Waals surface area contributed by atoms with Crippen LogP contribution in [0.3, 0.4) is 0 Å². The van der Waals surface area contributed by atoms with Gasteiger partial charge in [-0.2, -0.15) is 0 Å². The molecule has 0 unspecified atom stereocenters. The van der Waals surface area contributed by atoms with Crippen LogP contribution in [0.1, 0.15) is 111 Å². The molecule has 0 radical (unpaired) electrons. The molecule has 0 saturated heterocycles. The normalized spacial score (nSPS) is 17.4. The summed E-state index contributed by atoms with van der Waals surface area (Å²) in [6.07, 6.45) is 0. The highest BCUT2D eigenvalue weighted by Crippen LogP contribution is 2.40. The second-order valence-electron chi connectivity index (χ2n) is 13.3. The van der Waals surface area contributed by atoms with Crippen LogP contribution >= 0.6 is 0 Å². The lowest BCUT2D eigenvalue weighted by Gasteiger charge is -2.60. The molecule has 3 nitrogen and oxygen atoms in total. The highest BCUT2D eigenvalue weighted by atomic mass is 15.3. The highest BCUT2D eigenvalue weighted by molar-refractivity contribution is 5.12. The number of hydrogen-bond donors (Lipinski definition) is 1. The molecule has 0 fully saturated rings. The van der Waals surface area contributed by atoms with Gasteiger partial charge in [-0.15, -0.1) is 0 Å². The van der Waals surface area contributed by atoms with Crippen molar-refractivity contribution in [2.45, 2.75) is 145 Å². The molecule has 0 aromatic rings. The fourth-order valence-electron chi connectivity index (χ4n) is 4.75. The minimum absolute atomic E-state index is 0.0106. The van der Waals surface area contributed by atoms with Crippen molar-refractivity contribution in [3.63, 3.8) is 0 Å². The first-order valence-corrected chi connectivity index (χ1v) is 12.2. The Hall–Kier alpha value is -0.120. The minimum Gasteiger partial charge on any atom is -0.303 e. The smallest absolute Gasteiger partial charge is 0.0331 e. The van der Waals surface area contributed by atoms with Crippen LogP contribution in [0.5, 0.6) is 0 Å². The van der Waals surface area contributed by atoms with Gasteiger partial charge in [-0.25, -0.2) is 0 Å². The first-order chi connectivity index (χ1) is 13.0. The molecule has 2 atom stereocenters. The zero-order chi connectivity index (χ0) is 24.7. The van der Waals surface area contributed by atoms with Crippen LogP contribution in [-0.2, 0) is 0 Å². The van der Waals surface area contributed by atoms with E-state index >= 15 is 0 Å². The van der Waals surface area contributed by atoms with E-state index in [1.54, 1.807) is 0 Å². The van der Waals surface area contributed by atoms with E-state index in [2.05, 4.69) is 140 Å². The molecule has 0 aliphatic carbocycles. The van der Waals surface area contributed by atoms with Crippen molar-refractivity contribution in [2.24, 2.45) is 17.8 Å². The van der Waals surface area contributed by atoms with E-state index in [0.29, 0.717) is 23.8 Å². The molecule has 0 heterocycles. The third-order valence-electron chi connectivity index (χ3n) is 9.96. The molecule has 1 N–H and O–H groups in total. The van der Waals surface area contributed by atoms with E-state index in [4.69, 9.17) is 0 Å². The summed E-state index contributed by atoms with van der Waals surface area (Å²) in [6, 6.07) is 0.519. The summed E-state index contributed by atoms with van der Waals surface area (Å²) >= 11 is 0. The SMILES string of the molecule is CC(C)[C@@H](C)N(C)C(C)(C)C(C)(C)NC(C)(C)C(C)(C)N(C)C(C)(C)[C@@H](C)C(C)C. The van der Waals surface area contributed by atoms with E-state index in [1.807, 2.05) is 0 Å². The summed E-state index contributed by atoms with van der Waals surface area (Å²) in [4.78, 5) is 5.17. The van der Waals surface area contributed by atoms with Crippen LogP contribution in [-0.4, -0.2) is 57.6 Å². The van der Waals surface area contributed by atoms with Gasteiger partial charge in [0.05, 0.1) is 0 Å². The van der Waals surface area contributed by atoms with Gasteiger partial charge in [0, 0.05) is 33.7 Å². The molecule has 182 valence electrons. The van der Waals surface area contributed by atoms with Gasteiger partial charge >= 0.3 is 0 Å². The molecule has 0 saturated carbocycles. The van der Waals surface area contributed by atoms with Crippen LogP contribution in [0.25, 0.3) is 0 Å². The Morgan fingerprint density at radius 3 is 1.27 bits per heavy atom. The number of rotatable bonds is 11. The van der Waals surface area contributed by atoms with Gasteiger partial charge in [-0.05, 0) is 108 Å². The maximum absolute atomic E-state index is 4.13. The Bertz CT molecular complexity index is 540. The van der Waals surface area contributed by atoms with E-state index in [9.17, 15) is 0 Å². The zero-order valence-corrected chi connectivity index (χ0v) is 24.2. The minimum atomic E-state index is -0.0988. The second-order valence-corrected chi connectivity index (χ2v) is 13.3. The lowest BCUT2D eigenvalue weighted by molar-refractivity contribution is -0.0665. The lowest BCUT2D eigenvalue weighted by Crippen LogP contribution is -2.75. The Balaban J connectivity index is 5.96. The quantitative estimate of drug-likeness (QED) is 0.399. The van der Waals surface area contributed by atoms with Crippen LogP contribution in [0.2, 0.25) is 0 Å². The predicted octanol–water partition coefficient (Wildman–Crippen LogP) is 6.67. The van der Waals surface area contributed by atoms with E-state index < -0.39 is 0 Å². The summed E-state index contributed by atoms with van der Waals surface area (Å²) in [5.41, 5.74) is -0.142. The Morgan fingerprint density at radius 2 is 0.933 bits per heavy atom. The van der Waals surface area contributed by atoms with Crippen LogP contribution in [0.4, 0.5) is 0 Å². The first-order valence-electron chi connectivity index (χ1n) is 12.2. The maximum Gasteiger partial charge on any atom is 0.0331 e. The lowest BCUT2D eigenvalue weighted by atomic mass is 9.71. The summed E-state index contributed by atoms with van der Waals surface area (Å²) in [5.74, 6) is 1.87. The second kappa shape index (κ2) is 9.40. The summed E-state index contributed by atoms with van der Waals surface area (Å²) < 4.78 is 0. The third kappa shape index (κ3) is 5.62. The van der Waals surface area contributed by atoms with Gasteiger partial charge in [0.2, 0.25) is 0 Å². The van der Waals surface area contributed by atoms with Gasteiger partial charge < -0.3 is 5.32 Å². The van der Waals surface area contributed by atoms with Crippen molar-refractivity contribution in [3.05, 3.63) is 0 Å². The van der Waals surface area contributed by atoms with Gasteiger partial charge in [-0.3, -0.25) is 9.80 Å². The Kier molecular flexibility index (Phi) is 9.36. The van der Waals surface area contributed by atoms with Crippen LogP contribution in [0, 0.1) is 17.8 Å². The van der Waals surface area contributed by atoms with Gasteiger partial charge in [0.15, 0.2) is 0 Å². The van der Waals surface area contributed by atoms with Crippen LogP contribution in [0.15, 0.2) is 0 Å². The number of likely N-dealkylation sites (N-methyl/N-ethyl adjacent to an activating group) is 2. The molecule has 0 aliphatic heterocycles. The molecule has 0 spiro atoms. The Labute approximate surface area is 191 Å². The first kappa shape index (κ1) is 29.9. The third-order valence-corrected chi connectivity index (χ3v) is 9.96. The molecule has 0 aromatic heterocycles. The number of nitrogens with zero attached hydrogens (tertiary/aromatic N) is 2. The van der Waals surface area contributed by atoms with Gasteiger partial charge in [-0.1, -0.05) is 34.6 Å². The van der Waals surface area contributed by atoms with Gasteiger partial charge in [0.1, 0.15) is 0 Å². The van der Waals surface area contributed by atoms with E-state index in [-0.39, 0.29) is 27.7 Å². The van der Waals surface area contributed by atoms with Gasteiger partial charge in [0.25, 0.3) is 0 Å². The van der Waals surface area contributed by atoms with Crippen molar-refractivity contribution in [3.8, 4) is 0 Å². The van der Waals surface area contributed by atoms with Crippen molar-refractivity contribution < 1.29 is 0 Å². The topological polar surface area (TPSA) is 18.5 Å². The molecule has 0 rings (SSSR count). The maximum atomic E-state index is 4.13. The molecule has 0 amide bonds. The van der Waals surface area contributed by atoms with Crippen molar-refractivity contribution in [2.75, 3.05) is 14.1 Å². The highest BCUT2D eigenvalue weighted by Gasteiger charge is 2.51. The van der Waals surface area contributed by atoms with E-state index in [1.165, 1.54) is 0 Å². The fraction of sp³-hybridized carbons (Fsp3) is 1.00. The summed E-state index contributed by atoms with van der Waals surface area (Å²) in [7, 11) is 4.60. The molecule has 0 bridgehead atoms. The average Bonchev–Trinajstić information content (AvgIpc) is 2.57. The predicted molar refractivity (Wildman–Crippen MR) is 137 cm³/mol. The molecular weight excluding hydrogens is 366 g/mol. The largest absolute Gasteiger partial charge is 0.303 e. The molecule has 30 heavy (non-hydrogen) atoms. The molecule has 0 aromatic carbocycles. The van der Waals surface area contributed by atoms with Crippen molar-refractivity contribution in [1.29, 1.82) is 0 Å². The van der Waals surface area contributed by atoms with Crippen molar-refractivity contribution in [1.82, 2.24) is 15.1 Å². The molecule has 3 heteroatoms. The summed E-state index contributed by atoms with van der Waals surface area (Å²) in [6.45, 7) is 37.9. The van der Waals surface area contributed by atoms with Crippen molar-refractivity contribution >= 4 is 0 Å². The zero-order valence-electron chi connectivity index (χ0n) is 24.2. The monoisotopic (exact) mass is 425 g/mol. The van der Waals surface area contributed by atoms with Crippen LogP contribution < -0.4 is 5.32 Å². The molecular formula is C27H59N3.